The molecule has 2 aliphatic rings. The Balaban J connectivity index is 1.60. The number of carbonyl (C=O) groups is 1. The van der Waals surface area contributed by atoms with E-state index in [0.29, 0.717) is 12.8 Å². The molecule has 1 aliphatic heterocycles. The lowest BCUT2D eigenvalue weighted by Crippen LogP contribution is -2.37. The second-order valence-corrected chi connectivity index (χ2v) is 7.85. The number of aliphatic hydroxyl groups excluding tert-OH is 1. The van der Waals surface area contributed by atoms with E-state index in [1.165, 1.54) is 33.4 Å². The molecule has 1 heterocycles. The van der Waals surface area contributed by atoms with E-state index in [1.807, 2.05) is 4.90 Å². The third-order valence-electron chi connectivity index (χ3n) is 5.94. The Hall–Kier alpha value is -2.69. The van der Waals surface area contributed by atoms with Crippen LogP contribution in [0.2, 0.25) is 0 Å². The average molecular weight is 389 g/mol. The van der Waals surface area contributed by atoms with Crippen LogP contribution in [-0.2, 0) is 4.79 Å². The zero-order chi connectivity index (χ0) is 20.2. The van der Waals surface area contributed by atoms with Crippen molar-refractivity contribution in [1.82, 2.24) is 4.90 Å². The molecule has 1 saturated heterocycles. The second kappa shape index (κ2) is 8.76. The number of hydrogen-bond acceptors (Lipinski definition) is 3. The highest BCUT2D eigenvalue weighted by Crippen LogP contribution is 2.38. The summed E-state index contributed by atoms with van der Waals surface area (Å²) in [5, 5.41) is 9.06. The van der Waals surface area contributed by atoms with Gasteiger partial charge < -0.3 is 15.7 Å². The second-order valence-electron chi connectivity index (χ2n) is 7.85. The number of fused-ring (bicyclic) bond motifs is 2. The molecule has 2 aromatic rings. The standard InChI is InChI=1S/C25H28N2O2/c26-21(17-28)11-12-24(29)27-15-13-20(14-16-27)25-22-7-3-1-5-18(22)9-10-19-6-2-4-8-23(19)25/h1-10,21,28H,11-17,26H2/t21-/m0/s1. The molecular formula is C25H28N2O2. The number of nitrogens with two attached hydrogens (primary N) is 1. The Kier molecular flexibility index (Phi) is 5.93. The van der Waals surface area contributed by atoms with Crippen LogP contribution in [0.15, 0.2) is 54.1 Å². The van der Waals surface area contributed by atoms with Gasteiger partial charge in [-0.2, -0.15) is 0 Å². The fourth-order valence-corrected chi connectivity index (χ4v) is 4.28. The Bertz CT molecular complexity index is 899. The van der Waals surface area contributed by atoms with Gasteiger partial charge >= 0.3 is 0 Å². The first-order valence-electron chi connectivity index (χ1n) is 10.4. The summed E-state index contributed by atoms with van der Waals surface area (Å²) < 4.78 is 0. The summed E-state index contributed by atoms with van der Waals surface area (Å²) in [5.41, 5.74) is 13.5. The number of amides is 1. The Morgan fingerprint density at radius 2 is 1.52 bits per heavy atom. The number of rotatable bonds is 4. The van der Waals surface area contributed by atoms with Crippen LogP contribution in [0.4, 0.5) is 0 Å². The van der Waals surface area contributed by atoms with E-state index in [0.717, 1.165) is 25.9 Å². The van der Waals surface area contributed by atoms with Crippen LogP contribution in [-0.4, -0.2) is 41.7 Å². The van der Waals surface area contributed by atoms with Crippen LogP contribution < -0.4 is 5.73 Å². The first kappa shape index (κ1) is 19.6. The molecule has 3 N–H and O–H groups in total. The van der Waals surface area contributed by atoms with E-state index in [-0.39, 0.29) is 18.6 Å². The Morgan fingerprint density at radius 1 is 0.966 bits per heavy atom. The number of carbonyl (C=O) groups excluding carboxylic acids is 1. The third-order valence-corrected chi connectivity index (χ3v) is 5.94. The van der Waals surface area contributed by atoms with Gasteiger partial charge in [-0.1, -0.05) is 66.3 Å². The number of piperidine rings is 1. The molecule has 4 rings (SSSR count). The molecule has 0 radical (unpaired) electrons. The highest BCUT2D eigenvalue weighted by atomic mass is 16.3. The first-order valence-corrected chi connectivity index (χ1v) is 10.4. The zero-order valence-corrected chi connectivity index (χ0v) is 16.7. The fraction of sp³-hybridized carbons (Fsp3) is 0.320. The molecule has 4 heteroatoms. The maximum atomic E-state index is 12.5. The van der Waals surface area contributed by atoms with E-state index >= 15 is 0 Å². The Morgan fingerprint density at radius 3 is 2.07 bits per heavy atom. The number of aliphatic hydroxyl groups is 1. The lowest BCUT2D eigenvalue weighted by atomic mass is 9.86. The average Bonchev–Trinajstić information content (AvgIpc) is 2.94. The summed E-state index contributed by atoms with van der Waals surface area (Å²) in [4.78, 5) is 14.5. The van der Waals surface area contributed by atoms with Crippen molar-refractivity contribution in [3.63, 3.8) is 0 Å². The van der Waals surface area contributed by atoms with Gasteiger partial charge in [0.25, 0.3) is 0 Å². The van der Waals surface area contributed by atoms with Crippen molar-refractivity contribution >= 4 is 23.6 Å². The van der Waals surface area contributed by atoms with Crippen molar-refractivity contribution in [2.24, 2.45) is 5.73 Å². The maximum absolute atomic E-state index is 12.5. The summed E-state index contributed by atoms with van der Waals surface area (Å²) in [5.74, 6) is 0.140. The molecule has 150 valence electrons. The van der Waals surface area contributed by atoms with Crippen LogP contribution in [0, 0.1) is 0 Å². The van der Waals surface area contributed by atoms with Gasteiger partial charge in [-0.05, 0) is 47.1 Å². The van der Waals surface area contributed by atoms with Gasteiger partial charge in [0.2, 0.25) is 5.91 Å². The SMILES string of the molecule is N[C@H](CO)CCC(=O)N1CCC(=C2c3ccccc3C=Cc3ccccc32)CC1. The molecule has 1 fully saturated rings. The van der Waals surface area contributed by atoms with E-state index in [1.54, 1.807) is 0 Å². The van der Waals surface area contributed by atoms with E-state index in [2.05, 4.69) is 60.7 Å². The molecule has 0 spiro atoms. The summed E-state index contributed by atoms with van der Waals surface area (Å²) in [7, 11) is 0. The Labute approximate surface area is 172 Å². The lowest BCUT2D eigenvalue weighted by Gasteiger charge is -2.31. The third kappa shape index (κ3) is 4.19. The monoisotopic (exact) mass is 388 g/mol. The molecule has 0 aromatic heterocycles. The molecule has 1 aliphatic carbocycles. The van der Waals surface area contributed by atoms with Crippen molar-refractivity contribution < 1.29 is 9.90 Å². The van der Waals surface area contributed by atoms with Crippen LogP contribution in [0.5, 0.6) is 0 Å². The summed E-state index contributed by atoms with van der Waals surface area (Å²) in [6, 6.07) is 16.8. The van der Waals surface area contributed by atoms with Crippen molar-refractivity contribution in [2.45, 2.75) is 31.7 Å². The predicted molar refractivity (Wildman–Crippen MR) is 118 cm³/mol. The van der Waals surface area contributed by atoms with Crippen LogP contribution in [0.25, 0.3) is 17.7 Å². The highest BCUT2D eigenvalue weighted by Gasteiger charge is 2.24. The van der Waals surface area contributed by atoms with Gasteiger partial charge in [0, 0.05) is 25.6 Å². The molecule has 2 aromatic carbocycles. The highest BCUT2D eigenvalue weighted by molar-refractivity contribution is 5.95. The molecule has 0 bridgehead atoms. The zero-order valence-electron chi connectivity index (χ0n) is 16.7. The largest absolute Gasteiger partial charge is 0.395 e. The van der Waals surface area contributed by atoms with E-state index < -0.39 is 0 Å². The molecule has 0 saturated carbocycles. The summed E-state index contributed by atoms with van der Waals surface area (Å²) in [6.07, 6.45) is 7.11. The van der Waals surface area contributed by atoms with E-state index in [4.69, 9.17) is 10.8 Å². The molecule has 29 heavy (non-hydrogen) atoms. The van der Waals surface area contributed by atoms with Gasteiger partial charge in [0.05, 0.1) is 6.61 Å². The first-order chi connectivity index (χ1) is 14.2. The molecule has 1 amide bonds. The summed E-state index contributed by atoms with van der Waals surface area (Å²) in [6.45, 7) is 1.41. The number of nitrogens with zero attached hydrogens (tertiary/aromatic N) is 1. The van der Waals surface area contributed by atoms with E-state index in [9.17, 15) is 4.79 Å². The van der Waals surface area contributed by atoms with Crippen molar-refractivity contribution in [3.8, 4) is 0 Å². The van der Waals surface area contributed by atoms with Gasteiger partial charge in [-0.25, -0.2) is 0 Å². The van der Waals surface area contributed by atoms with Crippen molar-refractivity contribution in [1.29, 1.82) is 0 Å². The minimum atomic E-state index is -0.312. The van der Waals surface area contributed by atoms with Crippen molar-refractivity contribution in [2.75, 3.05) is 19.7 Å². The number of benzene rings is 2. The number of hydrogen-bond donors (Lipinski definition) is 2. The minimum absolute atomic E-state index is 0.0730. The topological polar surface area (TPSA) is 66.6 Å². The van der Waals surface area contributed by atoms with Crippen LogP contribution >= 0.6 is 0 Å². The minimum Gasteiger partial charge on any atom is -0.395 e. The maximum Gasteiger partial charge on any atom is 0.222 e. The smallest absolute Gasteiger partial charge is 0.222 e. The fourth-order valence-electron chi connectivity index (χ4n) is 4.28. The van der Waals surface area contributed by atoms with Crippen LogP contribution in [0.3, 0.4) is 0 Å². The van der Waals surface area contributed by atoms with Crippen molar-refractivity contribution in [3.05, 3.63) is 76.4 Å². The molecule has 1 atom stereocenters. The van der Waals surface area contributed by atoms with Gasteiger partial charge in [-0.15, -0.1) is 0 Å². The quantitative estimate of drug-likeness (QED) is 0.716. The lowest BCUT2D eigenvalue weighted by molar-refractivity contribution is -0.131. The predicted octanol–water partition coefficient (Wildman–Crippen LogP) is 3.69. The van der Waals surface area contributed by atoms with Gasteiger partial charge in [-0.3, -0.25) is 4.79 Å². The van der Waals surface area contributed by atoms with Crippen LogP contribution in [0.1, 0.15) is 47.9 Å². The molecule has 4 nitrogen and oxygen atoms in total. The molecule has 0 unspecified atom stereocenters. The van der Waals surface area contributed by atoms with Gasteiger partial charge in [0.1, 0.15) is 0 Å². The summed E-state index contributed by atoms with van der Waals surface area (Å²) >= 11 is 0. The van der Waals surface area contributed by atoms with Gasteiger partial charge in [0.15, 0.2) is 0 Å². The molecular weight excluding hydrogens is 360 g/mol. The normalized spacial score (nSPS) is 16.8. The number of likely N-dealkylation sites (tertiary alicyclic amines) is 1.